The second-order valence-corrected chi connectivity index (χ2v) is 7.37. The van der Waals surface area contributed by atoms with Gasteiger partial charge in [-0.05, 0) is 53.9 Å². The van der Waals surface area contributed by atoms with Crippen LogP contribution < -0.4 is 5.32 Å². The first-order valence-electron chi connectivity index (χ1n) is 7.06. The van der Waals surface area contributed by atoms with Crippen molar-refractivity contribution in [3.8, 4) is 0 Å². The molecule has 1 N–H and O–H groups in total. The van der Waals surface area contributed by atoms with Gasteiger partial charge in [0, 0.05) is 31.2 Å². The molecule has 0 amide bonds. The molecule has 0 aromatic carbocycles. The Labute approximate surface area is 113 Å². The Morgan fingerprint density at radius 2 is 1.89 bits per heavy atom. The lowest BCUT2D eigenvalue weighted by atomic mass is 9.79. The van der Waals surface area contributed by atoms with Crippen molar-refractivity contribution in [2.24, 2.45) is 5.41 Å². The molecule has 18 heavy (non-hydrogen) atoms. The predicted octanol–water partition coefficient (Wildman–Crippen LogP) is 2.99. The van der Waals surface area contributed by atoms with E-state index >= 15 is 0 Å². The van der Waals surface area contributed by atoms with Gasteiger partial charge >= 0.3 is 0 Å². The third kappa shape index (κ3) is 5.25. The second kappa shape index (κ2) is 5.89. The molecule has 3 heteroatoms. The minimum absolute atomic E-state index is 0.0304. The summed E-state index contributed by atoms with van der Waals surface area (Å²) in [6.45, 7) is 13.8. The molecule has 1 atom stereocenters. The summed E-state index contributed by atoms with van der Waals surface area (Å²) in [6.07, 6.45) is 3.41. The van der Waals surface area contributed by atoms with Gasteiger partial charge in [0.15, 0.2) is 0 Å². The van der Waals surface area contributed by atoms with Crippen molar-refractivity contribution in [2.75, 3.05) is 26.9 Å². The molecule has 0 aliphatic carbocycles. The van der Waals surface area contributed by atoms with Gasteiger partial charge in [-0.2, -0.15) is 0 Å². The zero-order valence-corrected chi connectivity index (χ0v) is 13.1. The third-order valence-electron chi connectivity index (χ3n) is 3.99. The van der Waals surface area contributed by atoms with Crippen molar-refractivity contribution in [2.45, 2.75) is 65.0 Å². The largest absolute Gasteiger partial charge is 0.381 e. The highest BCUT2D eigenvalue weighted by molar-refractivity contribution is 4.89. The maximum Gasteiger partial charge on any atom is 0.0623 e. The van der Waals surface area contributed by atoms with Crippen LogP contribution in [0.5, 0.6) is 0 Å². The Morgan fingerprint density at radius 1 is 1.22 bits per heavy atom. The minimum atomic E-state index is -0.0304. The van der Waals surface area contributed by atoms with Crippen molar-refractivity contribution in [3.63, 3.8) is 0 Å². The molecule has 1 fully saturated rings. The molecule has 0 spiro atoms. The number of methoxy groups -OCH3 is 1. The Morgan fingerprint density at radius 3 is 2.33 bits per heavy atom. The Bertz CT molecular complexity index is 250. The summed E-state index contributed by atoms with van der Waals surface area (Å²) in [5, 5.41) is 3.64. The Kier molecular flexibility index (Phi) is 5.22. The average molecular weight is 257 g/mol. The standard InChI is InChI=1S/C15H31NO2/c1-13(2,3)16-11-15(9-10-18-12-15)8-7-14(4,5)17-6/h16H,7-12H2,1-6H3. The molecule has 0 aromatic rings. The van der Waals surface area contributed by atoms with Gasteiger partial charge in [-0.3, -0.25) is 0 Å². The highest BCUT2D eigenvalue weighted by atomic mass is 16.5. The summed E-state index contributed by atoms with van der Waals surface area (Å²) in [6, 6.07) is 0. The molecule has 0 radical (unpaired) electrons. The van der Waals surface area contributed by atoms with Gasteiger partial charge in [0.1, 0.15) is 0 Å². The molecule has 1 aliphatic rings. The summed E-state index contributed by atoms with van der Waals surface area (Å²) in [7, 11) is 1.80. The SMILES string of the molecule is COC(C)(C)CCC1(CNC(C)(C)C)CCOC1. The molecule has 1 saturated heterocycles. The van der Waals surface area contributed by atoms with Crippen molar-refractivity contribution < 1.29 is 9.47 Å². The van der Waals surface area contributed by atoms with Crippen LogP contribution in [0.2, 0.25) is 0 Å². The van der Waals surface area contributed by atoms with Crippen LogP contribution in [0.4, 0.5) is 0 Å². The van der Waals surface area contributed by atoms with Crippen LogP contribution >= 0.6 is 0 Å². The van der Waals surface area contributed by atoms with E-state index in [1.807, 2.05) is 0 Å². The molecule has 1 rings (SSSR count). The van der Waals surface area contributed by atoms with Crippen LogP contribution in [0.25, 0.3) is 0 Å². The van der Waals surface area contributed by atoms with Gasteiger partial charge in [-0.15, -0.1) is 0 Å². The molecular weight excluding hydrogens is 226 g/mol. The van der Waals surface area contributed by atoms with Gasteiger partial charge in [-0.25, -0.2) is 0 Å². The van der Waals surface area contributed by atoms with Crippen LogP contribution in [0, 0.1) is 5.41 Å². The molecule has 0 bridgehead atoms. The van der Waals surface area contributed by atoms with Gasteiger partial charge in [0.25, 0.3) is 0 Å². The molecule has 1 aliphatic heterocycles. The zero-order valence-electron chi connectivity index (χ0n) is 13.1. The van der Waals surface area contributed by atoms with E-state index in [0.717, 1.165) is 39.0 Å². The molecule has 0 aromatic heterocycles. The number of ether oxygens (including phenoxy) is 2. The van der Waals surface area contributed by atoms with E-state index < -0.39 is 0 Å². The summed E-state index contributed by atoms with van der Waals surface area (Å²) in [5.41, 5.74) is 0.437. The van der Waals surface area contributed by atoms with Crippen LogP contribution in [-0.4, -0.2) is 38.0 Å². The minimum Gasteiger partial charge on any atom is -0.381 e. The number of hydrogen-bond acceptors (Lipinski definition) is 3. The van der Waals surface area contributed by atoms with Gasteiger partial charge < -0.3 is 14.8 Å². The number of hydrogen-bond donors (Lipinski definition) is 1. The van der Waals surface area contributed by atoms with E-state index in [1.54, 1.807) is 7.11 Å². The highest BCUT2D eigenvalue weighted by Crippen LogP contribution is 2.36. The Hall–Kier alpha value is -0.120. The van der Waals surface area contributed by atoms with E-state index in [-0.39, 0.29) is 11.1 Å². The smallest absolute Gasteiger partial charge is 0.0623 e. The number of nitrogens with one attached hydrogen (secondary N) is 1. The lowest BCUT2D eigenvalue weighted by molar-refractivity contribution is 0.00167. The third-order valence-corrected chi connectivity index (χ3v) is 3.99. The maximum absolute atomic E-state index is 5.64. The lowest BCUT2D eigenvalue weighted by Crippen LogP contribution is -2.45. The predicted molar refractivity (Wildman–Crippen MR) is 75.9 cm³/mol. The second-order valence-electron chi connectivity index (χ2n) is 7.37. The van der Waals surface area contributed by atoms with Crippen molar-refractivity contribution in [1.29, 1.82) is 0 Å². The first-order valence-corrected chi connectivity index (χ1v) is 7.06. The molecule has 108 valence electrons. The van der Waals surface area contributed by atoms with E-state index in [0.29, 0.717) is 5.41 Å². The fraction of sp³-hybridized carbons (Fsp3) is 1.00. The van der Waals surface area contributed by atoms with E-state index in [9.17, 15) is 0 Å². The maximum atomic E-state index is 5.64. The average Bonchev–Trinajstić information content (AvgIpc) is 2.73. The monoisotopic (exact) mass is 257 g/mol. The van der Waals surface area contributed by atoms with Gasteiger partial charge in [-0.1, -0.05) is 0 Å². The molecule has 0 saturated carbocycles. The van der Waals surface area contributed by atoms with Crippen LogP contribution in [0.3, 0.4) is 0 Å². The lowest BCUT2D eigenvalue weighted by Gasteiger charge is -2.35. The van der Waals surface area contributed by atoms with Crippen LogP contribution in [0.1, 0.15) is 53.9 Å². The molecule has 3 nitrogen and oxygen atoms in total. The summed E-state index contributed by atoms with van der Waals surface area (Å²) >= 11 is 0. The van der Waals surface area contributed by atoms with Gasteiger partial charge in [0.2, 0.25) is 0 Å². The van der Waals surface area contributed by atoms with E-state index in [2.05, 4.69) is 39.9 Å². The van der Waals surface area contributed by atoms with Crippen molar-refractivity contribution in [3.05, 3.63) is 0 Å². The molecule has 1 unspecified atom stereocenters. The van der Waals surface area contributed by atoms with Crippen LogP contribution in [-0.2, 0) is 9.47 Å². The first kappa shape index (κ1) is 15.9. The van der Waals surface area contributed by atoms with Crippen LogP contribution in [0.15, 0.2) is 0 Å². The van der Waals surface area contributed by atoms with Crippen molar-refractivity contribution >= 4 is 0 Å². The van der Waals surface area contributed by atoms with Gasteiger partial charge in [0.05, 0.1) is 12.2 Å². The Balaban J connectivity index is 2.53. The van der Waals surface area contributed by atoms with E-state index in [1.165, 1.54) is 0 Å². The summed E-state index contributed by atoms with van der Waals surface area (Å²) in [4.78, 5) is 0. The number of rotatable bonds is 6. The topological polar surface area (TPSA) is 30.5 Å². The zero-order chi connectivity index (χ0) is 13.9. The molecule has 1 heterocycles. The normalized spacial score (nSPS) is 25.7. The quantitative estimate of drug-likeness (QED) is 0.793. The highest BCUT2D eigenvalue weighted by Gasteiger charge is 2.37. The summed E-state index contributed by atoms with van der Waals surface area (Å²) in [5.74, 6) is 0. The van der Waals surface area contributed by atoms with Crippen molar-refractivity contribution in [1.82, 2.24) is 5.32 Å². The molecular formula is C15H31NO2. The first-order chi connectivity index (χ1) is 8.18. The van der Waals surface area contributed by atoms with E-state index in [4.69, 9.17) is 9.47 Å². The fourth-order valence-corrected chi connectivity index (χ4v) is 2.20. The fourth-order valence-electron chi connectivity index (χ4n) is 2.20. The summed E-state index contributed by atoms with van der Waals surface area (Å²) < 4.78 is 11.2.